The van der Waals surface area contributed by atoms with Crippen molar-refractivity contribution in [1.82, 2.24) is 9.97 Å². The Labute approximate surface area is 126 Å². The van der Waals surface area contributed by atoms with Gasteiger partial charge in [0, 0.05) is 22.0 Å². The Morgan fingerprint density at radius 3 is 2.71 bits per heavy atom. The highest BCUT2D eigenvalue weighted by Crippen LogP contribution is 2.33. The molecule has 0 aliphatic carbocycles. The molecule has 2 aromatic carbocycles. The highest BCUT2D eigenvalue weighted by Gasteiger charge is 2.11. The molecule has 0 aliphatic rings. The maximum atomic E-state index is 9.80. The lowest BCUT2D eigenvalue weighted by molar-refractivity contribution is 0.408. The fourth-order valence-corrected chi connectivity index (χ4v) is 2.35. The quantitative estimate of drug-likeness (QED) is 0.759. The van der Waals surface area contributed by atoms with E-state index < -0.39 is 0 Å². The number of phenolic OH excluding ortho intramolecular Hbond substituents is 1. The number of halogens is 1. The largest absolute Gasteiger partial charge is 0.508 e. The van der Waals surface area contributed by atoms with E-state index in [-0.39, 0.29) is 11.7 Å². The molecule has 3 aromatic rings. The van der Waals surface area contributed by atoms with Crippen LogP contribution in [0.2, 0.25) is 5.02 Å². The van der Waals surface area contributed by atoms with Crippen LogP contribution in [-0.2, 0) is 0 Å². The molecular formula is C15H12ClN3O2. The summed E-state index contributed by atoms with van der Waals surface area (Å²) in [6.45, 7) is 0. The number of fused-ring (bicyclic) bond motifs is 1. The van der Waals surface area contributed by atoms with Crippen molar-refractivity contribution in [3.8, 4) is 22.8 Å². The van der Waals surface area contributed by atoms with Crippen molar-refractivity contribution in [3.05, 3.63) is 41.4 Å². The van der Waals surface area contributed by atoms with Crippen molar-refractivity contribution in [2.45, 2.75) is 0 Å². The second kappa shape index (κ2) is 5.10. The second-order valence-electron chi connectivity index (χ2n) is 4.51. The fourth-order valence-electron chi connectivity index (χ4n) is 2.18. The van der Waals surface area contributed by atoms with E-state index in [0.29, 0.717) is 27.5 Å². The van der Waals surface area contributed by atoms with Crippen molar-refractivity contribution in [3.63, 3.8) is 0 Å². The second-order valence-corrected chi connectivity index (χ2v) is 4.95. The van der Waals surface area contributed by atoms with E-state index in [0.717, 1.165) is 5.39 Å². The molecule has 106 valence electrons. The summed E-state index contributed by atoms with van der Waals surface area (Å²) in [5.74, 6) is 0.760. The monoisotopic (exact) mass is 301 g/mol. The lowest BCUT2D eigenvalue weighted by Crippen LogP contribution is -1.98. The van der Waals surface area contributed by atoms with Crippen LogP contribution in [0.1, 0.15) is 0 Å². The normalized spacial score (nSPS) is 10.8. The zero-order chi connectivity index (χ0) is 15.0. The number of benzene rings is 2. The van der Waals surface area contributed by atoms with Gasteiger partial charge in [-0.3, -0.25) is 0 Å². The van der Waals surface area contributed by atoms with E-state index in [4.69, 9.17) is 22.1 Å². The van der Waals surface area contributed by atoms with Gasteiger partial charge in [-0.15, -0.1) is 0 Å². The molecule has 3 rings (SSSR count). The van der Waals surface area contributed by atoms with Crippen LogP contribution in [0.25, 0.3) is 22.2 Å². The van der Waals surface area contributed by atoms with Crippen molar-refractivity contribution in [1.29, 1.82) is 0 Å². The van der Waals surface area contributed by atoms with Crippen LogP contribution in [0, 0.1) is 0 Å². The van der Waals surface area contributed by atoms with Crippen LogP contribution in [0.3, 0.4) is 0 Å². The number of methoxy groups -OCH3 is 1. The van der Waals surface area contributed by atoms with E-state index >= 15 is 0 Å². The van der Waals surface area contributed by atoms with E-state index in [1.165, 1.54) is 13.2 Å². The van der Waals surface area contributed by atoms with Gasteiger partial charge in [0.25, 0.3) is 0 Å². The molecule has 0 saturated carbocycles. The topological polar surface area (TPSA) is 81.3 Å². The van der Waals surface area contributed by atoms with Gasteiger partial charge in [0.05, 0.1) is 18.3 Å². The third-order valence-electron chi connectivity index (χ3n) is 3.08. The number of nitrogens with two attached hydrogens (primary N) is 1. The number of aromatic hydroxyl groups is 1. The highest BCUT2D eigenvalue weighted by molar-refractivity contribution is 6.31. The fraction of sp³-hybridized carbons (Fsp3) is 0.0667. The summed E-state index contributed by atoms with van der Waals surface area (Å²) in [5.41, 5.74) is 7.71. The number of rotatable bonds is 2. The number of phenols is 1. The molecule has 3 N–H and O–H groups in total. The number of anilines is 1. The first kappa shape index (κ1) is 13.5. The summed E-state index contributed by atoms with van der Waals surface area (Å²) in [7, 11) is 1.53. The molecule has 0 atom stereocenters. The third kappa shape index (κ3) is 2.55. The summed E-state index contributed by atoms with van der Waals surface area (Å²) in [6, 6.07) is 10.2. The number of ether oxygens (including phenoxy) is 1. The summed E-state index contributed by atoms with van der Waals surface area (Å²) in [6.07, 6.45) is 0. The highest BCUT2D eigenvalue weighted by atomic mass is 35.5. The Kier molecular flexibility index (Phi) is 3.27. The molecule has 0 fully saturated rings. The first-order valence-electron chi connectivity index (χ1n) is 6.18. The molecule has 0 amide bonds. The summed E-state index contributed by atoms with van der Waals surface area (Å²) in [4.78, 5) is 8.45. The molecule has 21 heavy (non-hydrogen) atoms. The van der Waals surface area contributed by atoms with E-state index in [1.54, 1.807) is 30.3 Å². The zero-order valence-electron chi connectivity index (χ0n) is 11.2. The van der Waals surface area contributed by atoms with Crippen LogP contribution in [-0.4, -0.2) is 22.2 Å². The Hall–Kier alpha value is -2.53. The molecule has 0 radical (unpaired) electrons. The molecule has 0 unspecified atom stereocenters. The van der Waals surface area contributed by atoms with E-state index in [1.807, 2.05) is 0 Å². The van der Waals surface area contributed by atoms with Crippen LogP contribution < -0.4 is 10.5 Å². The van der Waals surface area contributed by atoms with Crippen LogP contribution >= 0.6 is 11.6 Å². The summed E-state index contributed by atoms with van der Waals surface area (Å²) >= 11 is 6.05. The number of nitrogens with zero attached hydrogens (tertiary/aromatic N) is 2. The van der Waals surface area contributed by atoms with Gasteiger partial charge in [-0.1, -0.05) is 11.6 Å². The van der Waals surface area contributed by atoms with Crippen LogP contribution in [0.5, 0.6) is 11.5 Å². The van der Waals surface area contributed by atoms with Crippen molar-refractivity contribution >= 4 is 28.5 Å². The Bertz CT molecular complexity index is 837. The summed E-state index contributed by atoms with van der Waals surface area (Å²) in [5, 5.41) is 11.1. The van der Waals surface area contributed by atoms with Crippen LogP contribution in [0.15, 0.2) is 36.4 Å². The molecule has 5 nitrogen and oxygen atoms in total. The lowest BCUT2D eigenvalue weighted by Gasteiger charge is -2.09. The zero-order valence-corrected chi connectivity index (χ0v) is 11.9. The first-order valence-corrected chi connectivity index (χ1v) is 6.56. The number of hydrogen-bond donors (Lipinski definition) is 2. The molecule has 0 bridgehead atoms. The lowest BCUT2D eigenvalue weighted by atomic mass is 10.1. The SMILES string of the molecule is COc1cc(O)cc(-c2nc(N)nc3ccc(Cl)cc23)c1. The molecule has 6 heteroatoms. The van der Waals surface area contributed by atoms with Crippen molar-refractivity contribution in [2.75, 3.05) is 12.8 Å². The molecular weight excluding hydrogens is 290 g/mol. The van der Waals surface area contributed by atoms with E-state index in [2.05, 4.69) is 9.97 Å². The average Bonchev–Trinajstić information content (AvgIpc) is 2.46. The minimum absolute atomic E-state index is 0.0803. The molecule has 0 spiro atoms. The molecule has 0 aliphatic heterocycles. The first-order chi connectivity index (χ1) is 10.1. The Balaban J connectivity index is 2.33. The van der Waals surface area contributed by atoms with Gasteiger partial charge < -0.3 is 15.6 Å². The van der Waals surface area contributed by atoms with Gasteiger partial charge in [0.15, 0.2) is 0 Å². The van der Waals surface area contributed by atoms with Gasteiger partial charge in [-0.05, 0) is 30.3 Å². The minimum atomic E-state index is 0.0803. The minimum Gasteiger partial charge on any atom is -0.508 e. The van der Waals surface area contributed by atoms with Gasteiger partial charge in [-0.2, -0.15) is 0 Å². The Morgan fingerprint density at radius 2 is 1.95 bits per heavy atom. The standard InChI is InChI=1S/C15H12ClN3O2/c1-21-11-5-8(4-10(20)7-11)14-12-6-9(16)2-3-13(12)18-15(17)19-14/h2-7,20H,1H3,(H2,17,18,19). The molecule has 1 heterocycles. The predicted molar refractivity (Wildman–Crippen MR) is 82.6 cm³/mol. The van der Waals surface area contributed by atoms with Gasteiger partial charge >= 0.3 is 0 Å². The number of nitrogen functional groups attached to an aromatic ring is 1. The maximum absolute atomic E-state index is 9.80. The number of aromatic nitrogens is 2. The average molecular weight is 302 g/mol. The van der Waals surface area contributed by atoms with Crippen molar-refractivity contribution in [2.24, 2.45) is 0 Å². The molecule has 0 saturated heterocycles. The smallest absolute Gasteiger partial charge is 0.221 e. The third-order valence-corrected chi connectivity index (χ3v) is 3.31. The van der Waals surface area contributed by atoms with Gasteiger partial charge in [0.2, 0.25) is 5.95 Å². The van der Waals surface area contributed by atoms with Gasteiger partial charge in [-0.25, -0.2) is 9.97 Å². The summed E-state index contributed by atoms with van der Waals surface area (Å²) < 4.78 is 5.16. The Morgan fingerprint density at radius 1 is 1.14 bits per heavy atom. The number of hydrogen-bond acceptors (Lipinski definition) is 5. The van der Waals surface area contributed by atoms with Crippen molar-refractivity contribution < 1.29 is 9.84 Å². The molecule has 1 aromatic heterocycles. The maximum Gasteiger partial charge on any atom is 0.221 e. The van der Waals surface area contributed by atoms with Crippen LogP contribution in [0.4, 0.5) is 5.95 Å². The predicted octanol–water partition coefficient (Wildman–Crippen LogP) is 3.25. The van der Waals surface area contributed by atoms with E-state index in [9.17, 15) is 5.11 Å². The van der Waals surface area contributed by atoms with Gasteiger partial charge in [0.1, 0.15) is 11.5 Å².